The van der Waals surface area contributed by atoms with E-state index in [0.717, 1.165) is 67.5 Å². The first-order valence-electron chi connectivity index (χ1n) is 40.5. The predicted octanol–water partition coefficient (Wildman–Crippen LogP) is 18.2. The number of para-hydroxylation sites is 2. The van der Waals surface area contributed by atoms with E-state index in [1.165, 1.54) is 165 Å². The zero-order valence-corrected chi connectivity index (χ0v) is 75.0. The molecule has 4 aromatic heterocycles. The highest BCUT2D eigenvalue weighted by Gasteiger charge is 2.40. The van der Waals surface area contributed by atoms with Gasteiger partial charge in [0.2, 0.25) is 17.8 Å². The summed E-state index contributed by atoms with van der Waals surface area (Å²) in [6, 6.07) is 30.2. The minimum atomic E-state index is -2.77. The Morgan fingerprint density at radius 2 is 0.731 bits per heavy atom. The first-order valence-corrected chi connectivity index (χ1v) is 49.5. The average Bonchev–Trinajstić information content (AvgIpc) is 0.808. The number of rotatable bonds is 21. The molecular formula is C86H111Cl3F2N19O6P3. The molecule has 119 heavy (non-hydrogen) atoms. The zero-order valence-electron chi connectivity index (χ0n) is 70.1. The van der Waals surface area contributed by atoms with Crippen LogP contribution in [0.5, 0.6) is 17.2 Å². The molecule has 0 unspecified atom stereocenters. The van der Waals surface area contributed by atoms with Crippen molar-refractivity contribution in [3.05, 3.63) is 155 Å². The van der Waals surface area contributed by atoms with E-state index in [4.69, 9.17) is 54.0 Å². The molecular weight excluding hydrogens is 1630 g/mol. The predicted molar refractivity (Wildman–Crippen MR) is 486 cm³/mol. The molecule has 15 rings (SSSR count). The molecule has 6 fully saturated rings. The van der Waals surface area contributed by atoms with Gasteiger partial charge in [-0.05, 0) is 260 Å². The fourth-order valence-electron chi connectivity index (χ4n) is 16.8. The van der Waals surface area contributed by atoms with Crippen molar-refractivity contribution in [2.45, 2.75) is 77.0 Å². The van der Waals surface area contributed by atoms with Crippen LogP contribution in [0.2, 0.25) is 15.1 Å². The molecule has 33 heteroatoms. The molecule has 0 amide bonds. The summed E-state index contributed by atoms with van der Waals surface area (Å²) in [7, 11) is 3.53. The van der Waals surface area contributed by atoms with Crippen molar-refractivity contribution in [1.29, 1.82) is 0 Å². The van der Waals surface area contributed by atoms with Gasteiger partial charge in [-0.1, -0.05) is 53.0 Å². The van der Waals surface area contributed by atoms with Gasteiger partial charge in [0.1, 0.15) is 76.9 Å². The van der Waals surface area contributed by atoms with Gasteiger partial charge in [0.15, 0.2) is 17.5 Å². The number of aromatic nitrogens is 7. The minimum absolute atomic E-state index is 0.0906. The summed E-state index contributed by atoms with van der Waals surface area (Å²) in [5.41, 5.74) is 7.07. The molecule has 0 saturated carbocycles. The van der Waals surface area contributed by atoms with E-state index >= 15 is 0 Å². The Morgan fingerprint density at radius 3 is 1.15 bits per heavy atom. The third-order valence-electron chi connectivity index (χ3n) is 24.4. The van der Waals surface area contributed by atoms with Crippen LogP contribution in [-0.4, -0.2) is 211 Å². The fraction of sp³-hybridized carbons (Fsp3) is 0.453. The molecule has 25 nitrogen and oxygen atoms in total. The molecule has 0 bridgehead atoms. The first-order chi connectivity index (χ1) is 56.8. The van der Waals surface area contributed by atoms with Gasteiger partial charge in [-0.25, -0.2) is 28.7 Å². The lowest BCUT2D eigenvalue weighted by atomic mass is 9.71. The van der Waals surface area contributed by atoms with Gasteiger partial charge < -0.3 is 89.2 Å². The van der Waals surface area contributed by atoms with Gasteiger partial charge in [0.25, 0.3) is 0 Å². The first kappa shape index (κ1) is 88.2. The highest BCUT2D eigenvalue weighted by atomic mass is 35.5. The molecule has 6 saturated heterocycles. The standard InChI is InChI=1S/2C29H37ClFN6O2P.C28H37ClN7O2P/c1-36-13-9-29(10-14-36)11-15-37(16-12-29)21-6-8-23(25(18-21)39-2)34-28-32-19-22(30)27(35-28)33-24-7-5-20(31)17-26(24)40(3,4)38;1-36-14-10-29(11-15-36)12-16-37(17-13-29)20-8-9-23(24(18-20)39-2)33-28-32-19-21(30)27(35-28)34-26-22(31)6-5-7-25(26)40(3,4)38;1-35-13-9-28(10-14-35)11-15-36(16-12-28)25-17-23(38-2)22(19-30-25)33-27-31-18-20(29)26(34-27)32-21-7-5-6-8-24(21)39(3,4)37/h5-8,17-19H,9-16H2,1-4H3,(H2,32,33,34,35);5-9,18-19H,10-17H2,1-4H3,(H2,32,33,34,35);5-8,17-19H,9-16H2,1-4H3,(H2,31,32,33,34). The lowest BCUT2D eigenvalue weighted by Crippen LogP contribution is -2.46. The smallest absolute Gasteiger partial charge is 0.229 e. The zero-order chi connectivity index (χ0) is 84.6. The number of hydrogen-bond acceptors (Lipinski definition) is 25. The van der Waals surface area contributed by atoms with Crippen molar-refractivity contribution in [3.8, 4) is 17.2 Å². The van der Waals surface area contributed by atoms with Crippen LogP contribution in [0.1, 0.15) is 77.0 Å². The van der Waals surface area contributed by atoms with Gasteiger partial charge in [0.05, 0.1) is 74.6 Å². The van der Waals surface area contributed by atoms with E-state index in [2.05, 4.69) is 131 Å². The highest BCUT2D eigenvalue weighted by Crippen LogP contribution is 2.49. The summed E-state index contributed by atoms with van der Waals surface area (Å²) in [5, 5.41) is 21.2. The second kappa shape index (κ2) is 37.8. The van der Waals surface area contributed by atoms with Crippen molar-refractivity contribution in [2.75, 3.05) is 208 Å². The summed E-state index contributed by atoms with van der Waals surface area (Å²) in [6.07, 6.45) is 21.2. The molecule has 6 N–H and O–H groups in total. The number of hydrogen-bond donors (Lipinski definition) is 6. The quantitative estimate of drug-likeness (QED) is 0.0365. The number of methoxy groups -OCH3 is 3. The second-order valence-electron chi connectivity index (χ2n) is 33.7. The van der Waals surface area contributed by atoms with Gasteiger partial charge in [-0.3, -0.25) is 0 Å². The van der Waals surface area contributed by atoms with Gasteiger partial charge >= 0.3 is 0 Å². The Kier molecular flexibility index (Phi) is 28.0. The highest BCUT2D eigenvalue weighted by molar-refractivity contribution is 7.71. The van der Waals surface area contributed by atoms with Crippen LogP contribution < -0.4 is 76.7 Å². The van der Waals surface area contributed by atoms with Crippen LogP contribution in [0.4, 0.5) is 95.4 Å². The summed E-state index contributed by atoms with van der Waals surface area (Å²) in [5.74, 6) is 3.76. The summed E-state index contributed by atoms with van der Waals surface area (Å²) in [4.78, 5) is 45.8. The van der Waals surface area contributed by atoms with Gasteiger partial charge in [-0.2, -0.15) is 15.0 Å². The third-order valence-corrected chi connectivity index (χ3v) is 29.9. The van der Waals surface area contributed by atoms with E-state index in [1.54, 1.807) is 73.6 Å². The normalized spacial score (nSPS) is 17.6. The Morgan fingerprint density at radius 1 is 0.370 bits per heavy atom. The van der Waals surface area contributed by atoms with E-state index in [1.807, 2.05) is 48.5 Å². The van der Waals surface area contributed by atoms with Crippen molar-refractivity contribution in [2.24, 2.45) is 16.2 Å². The van der Waals surface area contributed by atoms with E-state index < -0.39 is 33.1 Å². The molecule has 5 aromatic carbocycles. The number of anilines is 15. The van der Waals surface area contributed by atoms with Crippen LogP contribution in [0.15, 0.2) is 128 Å². The number of pyridine rings is 1. The Balaban J connectivity index is 0.000000155. The molecule has 0 radical (unpaired) electrons. The second-order valence-corrected chi connectivity index (χ2v) is 44.4. The lowest BCUT2D eigenvalue weighted by molar-refractivity contribution is 0.0943. The monoisotopic (exact) mass is 1740 g/mol. The summed E-state index contributed by atoms with van der Waals surface area (Å²) < 4.78 is 84.1. The van der Waals surface area contributed by atoms with Crippen molar-refractivity contribution in [3.63, 3.8) is 0 Å². The van der Waals surface area contributed by atoms with E-state index in [0.29, 0.717) is 95.4 Å². The maximum atomic E-state index is 14.7. The Bertz CT molecular complexity index is 5190. The molecule has 3 spiro atoms. The van der Waals surface area contributed by atoms with Crippen LogP contribution in [-0.2, 0) is 13.7 Å². The average molecular weight is 1740 g/mol. The number of halogens is 5. The fourth-order valence-corrected chi connectivity index (χ4v) is 20.6. The van der Waals surface area contributed by atoms with Crippen molar-refractivity contribution < 1.29 is 36.7 Å². The molecule has 9 aromatic rings. The molecule has 636 valence electrons. The third kappa shape index (κ3) is 22.0. The van der Waals surface area contributed by atoms with E-state index in [9.17, 15) is 22.5 Å². The lowest BCUT2D eigenvalue weighted by Gasteiger charge is -2.47. The largest absolute Gasteiger partial charge is 0.494 e. The molecule has 10 heterocycles. The van der Waals surface area contributed by atoms with Crippen molar-refractivity contribution in [1.82, 2.24) is 49.6 Å². The van der Waals surface area contributed by atoms with Gasteiger partial charge in [0, 0.05) is 84.8 Å². The van der Waals surface area contributed by atoms with Crippen LogP contribution in [0.25, 0.3) is 0 Å². The number of nitrogens with one attached hydrogen (secondary N) is 6. The van der Waals surface area contributed by atoms with Crippen LogP contribution in [0, 0.1) is 27.9 Å². The maximum Gasteiger partial charge on any atom is 0.229 e. The Labute approximate surface area is 713 Å². The molecule has 0 atom stereocenters. The van der Waals surface area contributed by atoms with Gasteiger partial charge in [-0.15, -0.1) is 0 Å². The summed E-state index contributed by atoms with van der Waals surface area (Å²) in [6.45, 7) is 23.2. The maximum absolute atomic E-state index is 14.7. The summed E-state index contributed by atoms with van der Waals surface area (Å²) >= 11 is 19.2. The number of benzene rings is 5. The number of nitrogens with zero attached hydrogens (tertiary/aromatic N) is 13. The van der Waals surface area contributed by atoms with Crippen LogP contribution >= 0.6 is 56.2 Å². The molecule has 6 aliphatic rings. The number of ether oxygens (including phenoxy) is 3. The number of likely N-dealkylation sites (tertiary alicyclic amines) is 3. The topological polar surface area (TPSA) is 261 Å². The van der Waals surface area contributed by atoms with Crippen molar-refractivity contribution >= 4 is 159 Å². The Hall–Kier alpha value is -8.61. The molecule has 6 aliphatic heterocycles. The van der Waals surface area contributed by atoms with E-state index in [-0.39, 0.29) is 27.5 Å². The minimum Gasteiger partial charge on any atom is -0.494 e. The SMILES string of the molecule is COc1cc(N2CCC3(CCN(C)CC3)CC2)ccc1Nc1ncc(Cl)c(Nc2c(F)cccc2P(C)(C)=O)n1.COc1cc(N2CCC3(CCN(C)CC3)CC2)ccc1Nc1ncc(Cl)c(Nc2ccc(F)cc2P(C)(C)=O)n1.COc1cc(N2CCC3(CCN(C)CC3)CC2)ncc1Nc1ncc(Cl)c(Nc2ccccc2P(C)(C)=O)n1. The molecule has 0 aliphatic carbocycles. The van der Waals surface area contributed by atoms with Crippen LogP contribution in [0.3, 0.4) is 0 Å². The number of piperidine rings is 6.